The Bertz CT molecular complexity index is 432. The van der Waals surface area contributed by atoms with Gasteiger partial charge in [0.05, 0.1) is 11.2 Å². The number of anilines is 1. The van der Waals surface area contributed by atoms with Crippen molar-refractivity contribution in [3.05, 3.63) is 29.3 Å². The van der Waals surface area contributed by atoms with Gasteiger partial charge in [-0.3, -0.25) is 0 Å². The van der Waals surface area contributed by atoms with Crippen LogP contribution in [0.15, 0.2) is 18.2 Å². The predicted octanol–water partition coefficient (Wildman–Crippen LogP) is 4.84. The van der Waals surface area contributed by atoms with E-state index in [4.69, 9.17) is 5.73 Å². The van der Waals surface area contributed by atoms with Crippen LogP contribution in [-0.4, -0.2) is 10.2 Å². The van der Waals surface area contributed by atoms with Gasteiger partial charge in [-0.15, -0.1) is 0 Å². The minimum atomic E-state index is -0.900. The Kier molecular flexibility index (Phi) is 7.56. The summed E-state index contributed by atoms with van der Waals surface area (Å²) in [6.45, 7) is 8.30. The van der Waals surface area contributed by atoms with E-state index in [0.29, 0.717) is 31.4 Å². The highest BCUT2D eigenvalue weighted by Crippen LogP contribution is 2.41. The van der Waals surface area contributed by atoms with Gasteiger partial charge in [-0.2, -0.15) is 0 Å². The largest absolute Gasteiger partial charge is 0.398 e. The Morgan fingerprint density at radius 1 is 0.739 bits per heavy atom. The van der Waals surface area contributed by atoms with Crippen LogP contribution in [0.4, 0.5) is 5.69 Å². The zero-order valence-corrected chi connectivity index (χ0v) is 15.4. The van der Waals surface area contributed by atoms with Gasteiger partial charge in [0.15, 0.2) is 0 Å². The van der Waals surface area contributed by atoms with Crippen LogP contribution in [0.25, 0.3) is 0 Å². The summed E-state index contributed by atoms with van der Waals surface area (Å²) in [6.07, 6.45) is 6.34. The van der Waals surface area contributed by atoms with Crippen molar-refractivity contribution in [3.8, 4) is 0 Å². The van der Waals surface area contributed by atoms with E-state index in [1.54, 1.807) is 0 Å². The first-order valence-corrected chi connectivity index (χ1v) is 9.22. The maximum atomic E-state index is 11.2. The molecule has 0 bridgehead atoms. The van der Waals surface area contributed by atoms with Crippen molar-refractivity contribution in [2.24, 2.45) is 0 Å². The van der Waals surface area contributed by atoms with E-state index in [-0.39, 0.29) is 0 Å². The summed E-state index contributed by atoms with van der Waals surface area (Å²) in [6, 6.07) is 5.76. The first-order valence-electron chi connectivity index (χ1n) is 9.22. The third kappa shape index (κ3) is 4.48. The van der Waals surface area contributed by atoms with Crippen molar-refractivity contribution in [2.75, 3.05) is 5.73 Å². The molecule has 1 aromatic rings. The Hall–Kier alpha value is -1.06. The Labute approximate surface area is 141 Å². The first-order chi connectivity index (χ1) is 10.9. The molecule has 0 radical (unpaired) electrons. The molecule has 4 N–H and O–H groups in total. The molecular formula is C20H35NO2. The van der Waals surface area contributed by atoms with Gasteiger partial charge in [-0.1, -0.05) is 71.6 Å². The molecule has 1 aromatic carbocycles. The van der Waals surface area contributed by atoms with E-state index in [1.807, 2.05) is 18.2 Å². The van der Waals surface area contributed by atoms with Crippen LogP contribution in [0.1, 0.15) is 90.2 Å². The molecule has 0 unspecified atom stereocenters. The van der Waals surface area contributed by atoms with Crippen LogP contribution in [0.2, 0.25) is 0 Å². The average molecular weight is 322 g/mol. The summed E-state index contributed by atoms with van der Waals surface area (Å²) < 4.78 is 0. The Morgan fingerprint density at radius 2 is 1.04 bits per heavy atom. The number of para-hydroxylation sites is 1. The summed E-state index contributed by atoms with van der Waals surface area (Å²) >= 11 is 0. The molecule has 3 heteroatoms. The highest BCUT2D eigenvalue weighted by atomic mass is 16.3. The molecule has 0 saturated carbocycles. The summed E-state index contributed by atoms with van der Waals surface area (Å²) in [7, 11) is 0. The summed E-state index contributed by atoms with van der Waals surface area (Å²) in [5.74, 6) is 0. The van der Waals surface area contributed by atoms with E-state index in [0.717, 1.165) is 36.8 Å². The Balaban J connectivity index is 3.39. The molecular weight excluding hydrogens is 286 g/mol. The minimum absolute atomic E-state index is 0.571. The molecule has 0 spiro atoms. The van der Waals surface area contributed by atoms with Crippen molar-refractivity contribution in [1.29, 1.82) is 0 Å². The van der Waals surface area contributed by atoms with E-state index >= 15 is 0 Å². The lowest BCUT2D eigenvalue weighted by Crippen LogP contribution is -2.31. The van der Waals surface area contributed by atoms with Crippen LogP contribution in [0.5, 0.6) is 0 Å². The molecule has 0 heterocycles. The van der Waals surface area contributed by atoms with Crippen LogP contribution in [0, 0.1) is 0 Å². The molecule has 0 amide bonds. The second kappa shape index (κ2) is 8.70. The van der Waals surface area contributed by atoms with Crippen molar-refractivity contribution in [2.45, 2.75) is 90.3 Å². The van der Waals surface area contributed by atoms with Crippen molar-refractivity contribution >= 4 is 5.69 Å². The highest BCUT2D eigenvalue weighted by molar-refractivity contribution is 5.58. The second-order valence-electron chi connectivity index (χ2n) is 6.83. The monoisotopic (exact) mass is 321 g/mol. The SMILES string of the molecule is CCCC(O)(CCC)c1cccc(C(O)(CCC)CCC)c1N. The van der Waals surface area contributed by atoms with Gasteiger partial charge in [0.1, 0.15) is 0 Å². The van der Waals surface area contributed by atoms with Crippen LogP contribution in [0.3, 0.4) is 0 Å². The molecule has 0 atom stereocenters. The normalized spacial score (nSPS) is 12.6. The topological polar surface area (TPSA) is 66.5 Å². The molecule has 132 valence electrons. The number of nitrogen functional groups attached to an aromatic ring is 1. The number of rotatable bonds is 10. The van der Waals surface area contributed by atoms with Gasteiger partial charge >= 0.3 is 0 Å². The average Bonchev–Trinajstić information content (AvgIpc) is 2.48. The molecule has 0 aliphatic rings. The maximum Gasteiger partial charge on any atom is 0.0916 e. The fraction of sp³-hybridized carbons (Fsp3) is 0.700. The van der Waals surface area contributed by atoms with Crippen molar-refractivity contribution in [1.82, 2.24) is 0 Å². The molecule has 0 aliphatic heterocycles. The number of hydrogen-bond acceptors (Lipinski definition) is 3. The maximum absolute atomic E-state index is 11.2. The summed E-state index contributed by atoms with van der Waals surface area (Å²) in [5.41, 5.74) is 6.79. The fourth-order valence-electron chi connectivity index (χ4n) is 3.82. The molecule has 0 aliphatic carbocycles. The quantitative estimate of drug-likeness (QED) is 0.540. The van der Waals surface area contributed by atoms with E-state index in [9.17, 15) is 10.2 Å². The molecule has 1 rings (SSSR count). The number of aliphatic hydroxyl groups is 2. The zero-order chi connectivity index (χ0) is 17.5. The lowest BCUT2D eigenvalue weighted by molar-refractivity contribution is 0.0120. The third-order valence-corrected chi connectivity index (χ3v) is 4.76. The van der Waals surface area contributed by atoms with E-state index < -0.39 is 11.2 Å². The molecule has 0 saturated heterocycles. The lowest BCUT2D eigenvalue weighted by Gasteiger charge is -2.34. The van der Waals surface area contributed by atoms with Gasteiger partial charge in [0.25, 0.3) is 0 Å². The Morgan fingerprint density at radius 3 is 1.30 bits per heavy atom. The number of benzene rings is 1. The standard InChI is InChI=1S/C20H35NO2/c1-5-12-19(22,13-6-2)16-10-9-11-17(18(16)21)20(23,14-7-3)15-8-4/h9-11,22-23H,5-8,12-15,21H2,1-4H3. The molecule has 0 fully saturated rings. The third-order valence-electron chi connectivity index (χ3n) is 4.76. The van der Waals surface area contributed by atoms with Gasteiger partial charge in [-0.05, 0) is 25.7 Å². The van der Waals surface area contributed by atoms with E-state index in [2.05, 4.69) is 27.7 Å². The fourth-order valence-corrected chi connectivity index (χ4v) is 3.82. The first kappa shape index (κ1) is 20.0. The van der Waals surface area contributed by atoms with Crippen LogP contribution in [-0.2, 0) is 11.2 Å². The number of hydrogen-bond donors (Lipinski definition) is 3. The second-order valence-corrected chi connectivity index (χ2v) is 6.83. The van der Waals surface area contributed by atoms with Crippen LogP contribution >= 0.6 is 0 Å². The minimum Gasteiger partial charge on any atom is -0.398 e. The zero-order valence-electron chi connectivity index (χ0n) is 15.4. The van der Waals surface area contributed by atoms with Gasteiger partial charge < -0.3 is 15.9 Å². The summed E-state index contributed by atoms with van der Waals surface area (Å²) in [5, 5.41) is 22.3. The van der Waals surface area contributed by atoms with Gasteiger partial charge in [0.2, 0.25) is 0 Å². The highest BCUT2D eigenvalue weighted by Gasteiger charge is 2.35. The van der Waals surface area contributed by atoms with Crippen molar-refractivity contribution in [3.63, 3.8) is 0 Å². The van der Waals surface area contributed by atoms with Gasteiger partial charge in [-0.25, -0.2) is 0 Å². The molecule has 23 heavy (non-hydrogen) atoms. The smallest absolute Gasteiger partial charge is 0.0916 e. The van der Waals surface area contributed by atoms with Gasteiger partial charge in [0, 0.05) is 16.8 Å². The number of nitrogens with two attached hydrogens (primary N) is 1. The lowest BCUT2D eigenvalue weighted by atomic mass is 9.78. The molecule has 0 aromatic heterocycles. The van der Waals surface area contributed by atoms with Crippen LogP contribution < -0.4 is 5.73 Å². The summed E-state index contributed by atoms with van der Waals surface area (Å²) in [4.78, 5) is 0. The van der Waals surface area contributed by atoms with E-state index in [1.165, 1.54) is 0 Å². The van der Waals surface area contributed by atoms with Crippen molar-refractivity contribution < 1.29 is 10.2 Å². The molecule has 3 nitrogen and oxygen atoms in total. The predicted molar refractivity (Wildman–Crippen MR) is 98.3 cm³/mol.